The second kappa shape index (κ2) is 7.89. The molecule has 4 rings (SSSR count). The summed E-state index contributed by atoms with van der Waals surface area (Å²) in [7, 11) is 0. The molecule has 1 amide bonds. The number of rotatable bonds is 5. The number of carbonyl (C=O) groups excluding carboxylic acids is 1. The van der Waals surface area contributed by atoms with Gasteiger partial charge in [-0.2, -0.15) is 9.78 Å². The molecule has 0 atom stereocenters. The van der Waals surface area contributed by atoms with Crippen molar-refractivity contribution in [3.8, 4) is 5.69 Å². The third-order valence-corrected chi connectivity index (χ3v) is 5.19. The van der Waals surface area contributed by atoms with Gasteiger partial charge in [0, 0.05) is 11.4 Å². The molecule has 9 heteroatoms. The SMILES string of the molecule is O=C(CSc1nnnn1-c1ccc(Cl)cc1)N1CCC(c2ccccc2)=N1. The smallest absolute Gasteiger partial charge is 0.253 e. The van der Waals surface area contributed by atoms with Gasteiger partial charge in [0.25, 0.3) is 5.91 Å². The third kappa shape index (κ3) is 4.01. The molecule has 7 nitrogen and oxygen atoms in total. The van der Waals surface area contributed by atoms with Gasteiger partial charge in [-0.15, -0.1) is 5.10 Å². The maximum Gasteiger partial charge on any atom is 0.253 e. The van der Waals surface area contributed by atoms with E-state index in [1.54, 1.807) is 16.8 Å². The molecule has 0 radical (unpaired) electrons. The number of halogens is 1. The Balaban J connectivity index is 1.41. The highest BCUT2D eigenvalue weighted by atomic mass is 35.5. The van der Waals surface area contributed by atoms with E-state index in [2.05, 4.69) is 20.6 Å². The standard InChI is InChI=1S/C18H15ClN6OS/c19-14-6-8-15(9-7-14)25-18(20-22-23-25)27-12-17(26)24-11-10-16(21-24)13-4-2-1-3-5-13/h1-9H,10-12H2. The number of carbonyl (C=O) groups is 1. The summed E-state index contributed by atoms with van der Waals surface area (Å²) in [5, 5.41) is 18.8. The van der Waals surface area contributed by atoms with Crippen molar-refractivity contribution < 1.29 is 4.79 Å². The van der Waals surface area contributed by atoms with Crippen molar-refractivity contribution in [1.29, 1.82) is 0 Å². The number of tetrazole rings is 1. The molecule has 2 aromatic carbocycles. The van der Waals surface area contributed by atoms with E-state index < -0.39 is 0 Å². The van der Waals surface area contributed by atoms with Gasteiger partial charge in [0.05, 0.1) is 23.7 Å². The zero-order valence-corrected chi connectivity index (χ0v) is 15.8. The molecule has 0 bridgehead atoms. The van der Waals surface area contributed by atoms with Crippen molar-refractivity contribution in [2.75, 3.05) is 12.3 Å². The van der Waals surface area contributed by atoms with Crippen molar-refractivity contribution in [2.24, 2.45) is 5.10 Å². The van der Waals surface area contributed by atoms with E-state index in [0.29, 0.717) is 16.7 Å². The van der Waals surface area contributed by atoms with Gasteiger partial charge >= 0.3 is 0 Å². The summed E-state index contributed by atoms with van der Waals surface area (Å²) in [6.45, 7) is 0.589. The molecule has 3 aromatic rings. The highest BCUT2D eigenvalue weighted by Crippen LogP contribution is 2.21. The first-order valence-electron chi connectivity index (χ1n) is 8.31. The fourth-order valence-corrected chi connectivity index (χ4v) is 3.57. The second-order valence-electron chi connectivity index (χ2n) is 5.82. The molecule has 0 spiro atoms. The molecule has 0 saturated carbocycles. The first-order chi connectivity index (χ1) is 13.2. The van der Waals surface area contributed by atoms with Crippen molar-refractivity contribution in [1.82, 2.24) is 25.2 Å². The molecule has 0 N–H and O–H groups in total. The first kappa shape index (κ1) is 17.7. The summed E-state index contributed by atoms with van der Waals surface area (Å²) < 4.78 is 1.58. The molecule has 2 heterocycles. The van der Waals surface area contributed by atoms with E-state index in [0.717, 1.165) is 23.4 Å². The van der Waals surface area contributed by atoms with Gasteiger partial charge in [0.2, 0.25) is 5.16 Å². The number of nitrogens with zero attached hydrogens (tertiary/aromatic N) is 6. The zero-order chi connectivity index (χ0) is 18.6. The minimum atomic E-state index is -0.0726. The van der Waals surface area contributed by atoms with Crippen LogP contribution in [-0.4, -0.2) is 49.1 Å². The molecule has 136 valence electrons. The number of thioether (sulfide) groups is 1. The quantitative estimate of drug-likeness (QED) is 0.617. The Bertz CT molecular complexity index is 973. The van der Waals surface area contributed by atoms with E-state index in [4.69, 9.17) is 11.6 Å². The van der Waals surface area contributed by atoms with Crippen LogP contribution in [0.15, 0.2) is 64.9 Å². The molecule has 0 aliphatic carbocycles. The van der Waals surface area contributed by atoms with Gasteiger partial charge < -0.3 is 0 Å². The number of hydrogen-bond acceptors (Lipinski definition) is 6. The lowest BCUT2D eigenvalue weighted by atomic mass is 10.1. The van der Waals surface area contributed by atoms with E-state index in [1.807, 2.05) is 42.5 Å². The Labute approximate surface area is 165 Å². The number of benzene rings is 2. The monoisotopic (exact) mass is 398 g/mol. The lowest BCUT2D eigenvalue weighted by Crippen LogP contribution is -2.25. The van der Waals surface area contributed by atoms with Crippen molar-refractivity contribution >= 4 is 35.0 Å². The van der Waals surface area contributed by atoms with E-state index >= 15 is 0 Å². The summed E-state index contributed by atoms with van der Waals surface area (Å²) in [5.41, 5.74) is 2.76. The topological polar surface area (TPSA) is 76.3 Å². The highest BCUT2D eigenvalue weighted by molar-refractivity contribution is 7.99. The molecule has 0 fully saturated rings. The predicted octanol–water partition coefficient (Wildman–Crippen LogP) is 3.04. The van der Waals surface area contributed by atoms with E-state index in [1.165, 1.54) is 16.8 Å². The lowest BCUT2D eigenvalue weighted by Gasteiger charge is -2.10. The molecule has 1 aliphatic rings. The van der Waals surface area contributed by atoms with Crippen LogP contribution >= 0.6 is 23.4 Å². The number of hydrogen-bond donors (Lipinski definition) is 0. The third-order valence-electron chi connectivity index (χ3n) is 4.03. The largest absolute Gasteiger partial charge is 0.272 e. The summed E-state index contributed by atoms with van der Waals surface area (Å²) in [6.07, 6.45) is 0.753. The van der Waals surface area contributed by atoms with Crippen LogP contribution in [0.1, 0.15) is 12.0 Å². The Kier molecular flexibility index (Phi) is 5.17. The van der Waals surface area contributed by atoms with Crippen LogP contribution in [-0.2, 0) is 4.79 Å². The van der Waals surface area contributed by atoms with Crippen LogP contribution in [0.4, 0.5) is 0 Å². The molecular formula is C18H15ClN6OS. The van der Waals surface area contributed by atoms with Crippen LogP contribution in [0, 0.1) is 0 Å². The van der Waals surface area contributed by atoms with Crippen LogP contribution in [0.3, 0.4) is 0 Å². The fourth-order valence-electron chi connectivity index (χ4n) is 2.68. The van der Waals surface area contributed by atoms with Gasteiger partial charge in [-0.3, -0.25) is 4.79 Å². The van der Waals surface area contributed by atoms with Gasteiger partial charge in [0.1, 0.15) is 0 Å². The van der Waals surface area contributed by atoms with Crippen molar-refractivity contribution in [3.63, 3.8) is 0 Å². The zero-order valence-electron chi connectivity index (χ0n) is 14.2. The highest BCUT2D eigenvalue weighted by Gasteiger charge is 2.22. The minimum Gasteiger partial charge on any atom is -0.272 e. The van der Waals surface area contributed by atoms with Crippen molar-refractivity contribution in [2.45, 2.75) is 11.6 Å². The first-order valence-corrected chi connectivity index (χ1v) is 9.67. The van der Waals surface area contributed by atoms with Crippen LogP contribution in [0.5, 0.6) is 0 Å². The molecule has 0 saturated heterocycles. The van der Waals surface area contributed by atoms with Gasteiger partial charge in [-0.25, -0.2) is 5.01 Å². The van der Waals surface area contributed by atoms with Gasteiger partial charge in [-0.05, 0) is 40.3 Å². The summed E-state index contributed by atoms with van der Waals surface area (Å²) in [5.74, 6) is 0.135. The van der Waals surface area contributed by atoms with Gasteiger partial charge in [-0.1, -0.05) is 53.7 Å². The number of amides is 1. The summed E-state index contributed by atoms with van der Waals surface area (Å²) >= 11 is 7.19. The maximum atomic E-state index is 12.5. The Hall–Kier alpha value is -2.71. The average Bonchev–Trinajstić information content (AvgIpc) is 3.37. The summed E-state index contributed by atoms with van der Waals surface area (Å²) in [4.78, 5) is 12.5. The van der Waals surface area contributed by atoms with E-state index in [9.17, 15) is 4.79 Å². The van der Waals surface area contributed by atoms with E-state index in [-0.39, 0.29) is 11.7 Å². The number of hydrazone groups is 1. The second-order valence-corrected chi connectivity index (χ2v) is 7.20. The van der Waals surface area contributed by atoms with Crippen LogP contribution in [0.2, 0.25) is 5.02 Å². The molecule has 1 aliphatic heterocycles. The molecule has 0 unspecified atom stereocenters. The predicted molar refractivity (Wildman–Crippen MR) is 104 cm³/mol. The Morgan fingerprint density at radius 2 is 1.89 bits per heavy atom. The Morgan fingerprint density at radius 1 is 1.11 bits per heavy atom. The van der Waals surface area contributed by atoms with Crippen LogP contribution < -0.4 is 0 Å². The maximum absolute atomic E-state index is 12.5. The van der Waals surface area contributed by atoms with Crippen molar-refractivity contribution in [3.05, 3.63) is 65.2 Å². The summed E-state index contributed by atoms with van der Waals surface area (Å²) in [6, 6.07) is 17.1. The normalized spacial score (nSPS) is 13.7. The molecule has 1 aromatic heterocycles. The lowest BCUT2D eigenvalue weighted by molar-refractivity contribution is -0.127. The number of aromatic nitrogens is 4. The van der Waals surface area contributed by atoms with Crippen LogP contribution in [0.25, 0.3) is 5.69 Å². The molecule has 27 heavy (non-hydrogen) atoms. The molecular weight excluding hydrogens is 384 g/mol. The average molecular weight is 399 g/mol. The van der Waals surface area contributed by atoms with Gasteiger partial charge in [0.15, 0.2) is 0 Å². The minimum absolute atomic E-state index is 0.0726. The Morgan fingerprint density at radius 3 is 2.67 bits per heavy atom. The fraction of sp³-hybridized carbons (Fsp3) is 0.167.